The van der Waals surface area contributed by atoms with Gasteiger partial charge in [-0.05, 0) is 26.0 Å². The van der Waals surface area contributed by atoms with Gasteiger partial charge >= 0.3 is 0 Å². The van der Waals surface area contributed by atoms with Gasteiger partial charge in [-0.3, -0.25) is 0 Å². The van der Waals surface area contributed by atoms with Crippen LogP contribution in [0.4, 0.5) is 0 Å². The molecule has 0 saturated carbocycles. The van der Waals surface area contributed by atoms with E-state index in [2.05, 4.69) is 0 Å². The van der Waals surface area contributed by atoms with E-state index in [1.54, 1.807) is 6.07 Å². The van der Waals surface area contributed by atoms with Gasteiger partial charge in [-0.2, -0.15) is 0 Å². The van der Waals surface area contributed by atoms with E-state index in [0.29, 0.717) is 84.1 Å². The number of fused-ring (bicyclic) bond motifs is 2. The predicted molar refractivity (Wildman–Crippen MR) is 205 cm³/mol. The molecule has 8 nitrogen and oxygen atoms in total. The van der Waals surface area contributed by atoms with E-state index in [0.717, 1.165) is 0 Å². The average Bonchev–Trinajstić information content (AvgIpc) is 3.91. The summed E-state index contributed by atoms with van der Waals surface area (Å²) in [6, 6.07) is 41.1. The molecule has 0 saturated heterocycles. The number of rotatable bonds is 11. The molecule has 0 N–H and O–H groups in total. The van der Waals surface area contributed by atoms with E-state index >= 15 is 9.13 Å². The zero-order valence-corrected chi connectivity index (χ0v) is 30.5. The van der Waals surface area contributed by atoms with E-state index in [4.69, 9.17) is 28.4 Å². The third-order valence-corrected chi connectivity index (χ3v) is 15.3. The van der Waals surface area contributed by atoms with Crippen LogP contribution in [-0.2, 0) is 9.13 Å². The normalized spacial score (nSPS) is 13.2. The standard InChI is InChI=1S/C42H36O8P2/c1-3-45-34-26-35(51(43,29-17-9-5-10-18-29)30-19-11-6-12-20-30)37(41-39(34)48-28-49-41)33-25-36(40(46-4-2)42-38(33)47-27-50-42)52(44,31-21-13-7-14-22-31)32-23-15-8-16-24-32/h5-26H,3-4,27-28H2,1-2H3. The van der Waals surface area contributed by atoms with Gasteiger partial charge in [0.2, 0.25) is 25.1 Å². The van der Waals surface area contributed by atoms with Crippen LogP contribution in [0.25, 0.3) is 11.1 Å². The first-order chi connectivity index (χ1) is 25.5. The summed E-state index contributed by atoms with van der Waals surface area (Å²) < 4.78 is 69.6. The molecule has 0 aromatic heterocycles. The minimum Gasteiger partial charge on any atom is -0.490 e. The van der Waals surface area contributed by atoms with Crippen molar-refractivity contribution in [1.29, 1.82) is 0 Å². The fraction of sp³-hybridized carbons (Fsp3) is 0.143. The van der Waals surface area contributed by atoms with Crippen molar-refractivity contribution in [3.05, 3.63) is 133 Å². The molecule has 0 bridgehead atoms. The topological polar surface area (TPSA) is 89.5 Å². The van der Waals surface area contributed by atoms with Crippen molar-refractivity contribution < 1.29 is 37.6 Å². The van der Waals surface area contributed by atoms with E-state index in [1.807, 2.05) is 141 Å². The summed E-state index contributed by atoms with van der Waals surface area (Å²) in [7, 11) is -7.36. The summed E-state index contributed by atoms with van der Waals surface area (Å²) in [5.41, 5.74) is 0.940. The second kappa shape index (κ2) is 14.0. The molecule has 2 aliphatic heterocycles. The van der Waals surface area contributed by atoms with Gasteiger partial charge in [0.05, 0.1) is 18.5 Å². The van der Waals surface area contributed by atoms with Gasteiger partial charge in [-0.25, -0.2) is 0 Å². The molecule has 262 valence electrons. The Morgan fingerprint density at radius 1 is 0.500 bits per heavy atom. The number of hydrogen-bond donors (Lipinski definition) is 0. The highest BCUT2D eigenvalue weighted by atomic mass is 31.2. The third-order valence-electron chi connectivity index (χ3n) is 9.18. The van der Waals surface area contributed by atoms with Gasteiger partial charge in [0.15, 0.2) is 37.3 Å². The van der Waals surface area contributed by atoms with Crippen molar-refractivity contribution in [1.82, 2.24) is 0 Å². The van der Waals surface area contributed by atoms with Crippen molar-refractivity contribution in [3.8, 4) is 45.6 Å². The van der Waals surface area contributed by atoms with Crippen molar-refractivity contribution in [2.45, 2.75) is 13.8 Å². The largest absolute Gasteiger partial charge is 0.490 e. The zero-order valence-electron chi connectivity index (χ0n) is 28.7. The quantitative estimate of drug-likeness (QED) is 0.133. The average molecular weight is 731 g/mol. The summed E-state index contributed by atoms with van der Waals surface area (Å²) in [5, 5.41) is 3.31. The number of hydrogen-bond acceptors (Lipinski definition) is 8. The Balaban J connectivity index is 1.53. The van der Waals surface area contributed by atoms with Crippen LogP contribution >= 0.6 is 14.3 Å². The highest BCUT2D eigenvalue weighted by molar-refractivity contribution is 7.86. The summed E-state index contributed by atoms with van der Waals surface area (Å²) in [6.07, 6.45) is 0. The van der Waals surface area contributed by atoms with E-state index in [9.17, 15) is 0 Å². The minimum absolute atomic E-state index is 0.0806. The second-order valence-corrected chi connectivity index (χ2v) is 17.6. The predicted octanol–water partition coefficient (Wildman–Crippen LogP) is 6.89. The van der Waals surface area contributed by atoms with Crippen LogP contribution in [-0.4, -0.2) is 26.8 Å². The van der Waals surface area contributed by atoms with Crippen LogP contribution in [0.5, 0.6) is 34.5 Å². The third kappa shape index (κ3) is 5.46. The SMILES string of the molecule is CCOc1cc(P(=O)(c2ccccc2)c2ccccc2)c(-c2cc(P(=O)(c3ccccc3)c3ccccc3)c(OCC)c3c2OCO3)c2c1OCO2. The summed E-state index contributed by atoms with van der Waals surface area (Å²) in [5.74, 6) is 2.12. The van der Waals surface area contributed by atoms with Crippen molar-refractivity contribution in [2.75, 3.05) is 26.8 Å². The Kier molecular flexibility index (Phi) is 9.04. The summed E-state index contributed by atoms with van der Waals surface area (Å²) >= 11 is 0. The van der Waals surface area contributed by atoms with Crippen LogP contribution in [0.1, 0.15) is 13.8 Å². The first kappa shape index (κ1) is 33.7. The smallest absolute Gasteiger partial charge is 0.231 e. The first-order valence-corrected chi connectivity index (χ1v) is 20.5. The molecule has 0 spiro atoms. The maximum Gasteiger partial charge on any atom is 0.231 e. The Morgan fingerprint density at radius 2 is 0.923 bits per heavy atom. The van der Waals surface area contributed by atoms with Gasteiger partial charge in [-0.15, -0.1) is 0 Å². The van der Waals surface area contributed by atoms with Gasteiger partial charge < -0.3 is 37.6 Å². The highest BCUT2D eigenvalue weighted by Gasteiger charge is 2.43. The maximum absolute atomic E-state index is 16.3. The Bertz CT molecular complexity index is 2250. The molecule has 0 atom stereocenters. The Labute approximate surface area is 302 Å². The maximum atomic E-state index is 16.3. The molecule has 52 heavy (non-hydrogen) atoms. The van der Waals surface area contributed by atoms with Gasteiger partial charge in [0.1, 0.15) is 0 Å². The van der Waals surface area contributed by atoms with Gasteiger partial charge in [0, 0.05) is 37.6 Å². The molecule has 6 aromatic rings. The van der Waals surface area contributed by atoms with E-state index < -0.39 is 14.3 Å². The highest BCUT2D eigenvalue weighted by Crippen LogP contribution is 2.59. The molecule has 0 aliphatic carbocycles. The molecule has 0 radical (unpaired) electrons. The lowest BCUT2D eigenvalue weighted by Crippen LogP contribution is -2.28. The molecule has 0 unspecified atom stereocenters. The Morgan fingerprint density at radius 3 is 1.40 bits per heavy atom. The minimum atomic E-state index is -3.70. The molecule has 0 fully saturated rings. The molecule has 6 aromatic carbocycles. The van der Waals surface area contributed by atoms with Crippen LogP contribution in [0.2, 0.25) is 0 Å². The summed E-state index contributed by atoms with van der Waals surface area (Å²) in [4.78, 5) is 0. The van der Waals surface area contributed by atoms with E-state index in [1.165, 1.54) is 0 Å². The molecule has 0 amide bonds. The van der Waals surface area contributed by atoms with Gasteiger partial charge in [-0.1, -0.05) is 121 Å². The second-order valence-electron chi connectivity index (χ2n) is 12.1. The zero-order chi connectivity index (χ0) is 35.7. The van der Waals surface area contributed by atoms with Crippen LogP contribution in [0.3, 0.4) is 0 Å². The monoisotopic (exact) mass is 730 g/mol. The van der Waals surface area contributed by atoms with Crippen molar-refractivity contribution in [2.24, 2.45) is 0 Å². The molecule has 2 aliphatic rings. The number of ether oxygens (including phenoxy) is 6. The molecule has 2 heterocycles. The van der Waals surface area contributed by atoms with Crippen molar-refractivity contribution in [3.63, 3.8) is 0 Å². The van der Waals surface area contributed by atoms with Gasteiger partial charge in [0.25, 0.3) is 0 Å². The fourth-order valence-electron chi connectivity index (χ4n) is 6.94. The van der Waals surface area contributed by atoms with Crippen molar-refractivity contribution >= 4 is 46.1 Å². The summed E-state index contributed by atoms with van der Waals surface area (Å²) in [6.45, 7) is 4.19. The van der Waals surface area contributed by atoms with Crippen LogP contribution in [0.15, 0.2) is 133 Å². The lowest BCUT2D eigenvalue weighted by Gasteiger charge is -2.27. The lowest BCUT2D eigenvalue weighted by atomic mass is 10.0. The molecule has 10 heteroatoms. The molecular weight excluding hydrogens is 694 g/mol. The Hall–Kier alpha value is -5.42. The van der Waals surface area contributed by atoms with Crippen LogP contribution < -0.4 is 60.2 Å². The first-order valence-electron chi connectivity index (χ1n) is 17.1. The molecular formula is C42H36O8P2. The fourth-order valence-corrected chi connectivity index (χ4v) is 12.6. The molecule has 8 rings (SSSR count). The lowest BCUT2D eigenvalue weighted by molar-refractivity contribution is 0.169. The van der Waals surface area contributed by atoms with E-state index in [-0.39, 0.29) is 20.2 Å². The number of benzene rings is 6. The van der Waals surface area contributed by atoms with Crippen LogP contribution in [0, 0.1) is 0 Å².